The van der Waals surface area contributed by atoms with Gasteiger partial charge in [0.05, 0.1) is 0 Å². The number of hydrogen-bond donors (Lipinski definition) is 0. The van der Waals surface area contributed by atoms with Crippen LogP contribution in [0.15, 0.2) is 66.9 Å². The Morgan fingerprint density at radius 1 is 0.840 bits per heavy atom. The van der Waals surface area contributed by atoms with E-state index in [0.29, 0.717) is 10.9 Å². The predicted molar refractivity (Wildman–Crippen MR) is 103 cm³/mol. The fraction of sp³-hybridized carbons (Fsp3) is 0.143. The molecule has 2 aromatic carbocycles. The van der Waals surface area contributed by atoms with E-state index in [2.05, 4.69) is 60.6 Å². The Hall–Kier alpha value is -2.65. The van der Waals surface area contributed by atoms with Gasteiger partial charge in [-0.05, 0) is 46.9 Å². The molecular formula is C21H18ClN3. The molecule has 2 heterocycles. The standard InChI is InChI=1S/C21H18ClN3/c1-14(2)15-5-3-6-16(11-15)18-9-10-20-23-24-21(25(20)13-18)17-7-4-8-19(22)12-17/h3-14H,1-2H3. The van der Waals surface area contributed by atoms with E-state index >= 15 is 0 Å². The van der Waals surface area contributed by atoms with Gasteiger partial charge in [-0.25, -0.2) is 0 Å². The molecule has 0 unspecified atom stereocenters. The van der Waals surface area contributed by atoms with E-state index in [1.165, 1.54) is 11.1 Å². The highest BCUT2D eigenvalue weighted by Gasteiger charge is 2.10. The van der Waals surface area contributed by atoms with Crippen molar-refractivity contribution in [3.8, 4) is 22.5 Å². The molecule has 3 nitrogen and oxygen atoms in total. The smallest absolute Gasteiger partial charge is 0.168 e. The summed E-state index contributed by atoms with van der Waals surface area (Å²) in [5.41, 5.74) is 5.43. The van der Waals surface area contributed by atoms with Crippen LogP contribution < -0.4 is 0 Å². The van der Waals surface area contributed by atoms with Gasteiger partial charge in [0.25, 0.3) is 0 Å². The zero-order chi connectivity index (χ0) is 17.4. The lowest BCUT2D eigenvalue weighted by Gasteiger charge is -2.09. The fourth-order valence-electron chi connectivity index (χ4n) is 2.96. The summed E-state index contributed by atoms with van der Waals surface area (Å²) < 4.78 is 2.02. The number of fused-ring (bicyclic) bond motifs is 1. The Morgan fingerprint density at radius 2 is 1.64 bits per heavy atom. The summed E-state index contributed by atoms with van der Waals surface area (Å²) in [6.45, 7) is 4.42. The maximum atomic E-state index is 6.13. The Bertz CT molecular complexity index is 1050. The molecule has 0 aliphatic heterocycles. The van der Waals surface area contributed by atoms with Crippen molar-refractivity contribution in [2.45, 2.75) is 19.8 Å². The number of halogens is 1. The summed E-state index contributed by atoms with van der Waals surface area (Å²) in [4.78, 5) is 0. The molecule has 0 amide bonds. The van der Waals surface area contributed by atoms with E-state index in [0.717, 1.165) is 22.6 Å². The van der Waals surface area contributed by atoms with E-state index in [1.54, 1.807) is 0 Å². The van der Waals surface area contributed by atoms with Crippen LogP contribution in [-0.4, -0.2) is 14.6 Å². The first-order chi connectivity index (χ1) is 12.1. The zero-order valence-corrected chi connectivity index (χ0v) is 14.9. The van der Waals surface area contributed by atoms with Crippen LogP contribution in [0.1, 0.15) is 25.3 Å². The first-order valence-electron chi connectivity index (χ1n) is 8.33. The van der Waals surface area contributed by atoms with E-state index < -0.39 is 0 Å². The van der Waals surface area contributed by atoms with Crippen LogP contribution in [-0.2, 0) is 0 Å². The van der Waals surface area contributed by atoms with Crippen molar-refractivity contribution in [3.63, 3.8) is 0 Å². The molecule has 0 aliphatic rings. The minimum atomic E-state index is 0.501. The number of rotatable bonds is 3. The molecule has 4 aromatic rings. The van der Waals surface area contributed by atoms with Crippen LogP contribution in [0.25, 0.3) is 28.2 Å². The molecule has 25 heavy (non-hydrogen) atoms. The summed E-state index contributed by atoms with van der Waals surface area (Å²) in [5, 5.41) is 9.31. The van der Waals surface area contributed by atoms with E-state index in [1.807, 2.05) is 34.7 Å². The Labute approximate surface area is 151 Å². The van der Waals surface area contributed by atoms with Crippen molar-refractivity contribution in [2.75, 3.05) is 0 Å². The van der Waals surface area contributed by atoms with Crippen LogP contribution in [0, 0.1) is 0 Å². The summed E-state index contributed by atoms with van der Waals surface area (Å²) in [6, 6.07) is 20.4. The molecular weight excluding hydrogens is 330 g/mol. The second-order valence-corrected chi connectivity index (χ2v) is 6.90. The molecule has 0 aliphatic carbocycles. The van der Waals surface area contributed by atoms with Gasteiger partial charge in [-0.1, -0.05) is 61.8 Å². The molecule has 4 heteroatoms. The van der Waals surface area contributed by atoms with Crippen LogP contribution >= 0.6 is 11.6 Å². The third kappa shape index (κ3) is 3.03. The van der Waals surface area contributed by atoms with Gasteiger partial charge in [0.2, 0.25) is 0 Å². The van der Waals surface area contributed by atoms with Gasteiger partial charge < -0.3 is 0 Å². The van der Waals surface area contributed by atoms with Gasteiger partial charge in [0, 0.05) is 16.8 Å². The van der Waals surface area contributed by atoms with E-state index in [4.69, 9.17) is 11.6 Å². The van der Waals surface area contributed by atoms with Gasteiger partial charge in [-0.2, -0.15) is 0 Å². The molecule has 0 saturated carbocycles. The predicted octanol–water partition coefficient (Wildman–Crippen LogP) is 5.84. The fourth-order valence-corrected chi connectivity index (χ4v) is 3.15. The van der Waals surface area contributed by atoms with E-state index in [-0.39, 0.29) is 0 Å². The van der Waals surface area contributed by atoms with Crippen LogP contribution in [0.5, 0.6) is 0 Å². The summed E-state index contributed by atoms with van der Waals surface area (Å²) in [6.07, 6.45) is 2.09. The van der Waals surface area contributed by atoms with E-state index in [9.17, 15) is 0 Å². The van der Waals surface area contributed by atoms with Crippen molar-refractivity contribution in [2.24, 2.45) is 0 Å². The summed E-state index contributed by atoms with van der Waals surface area (Å²) >= 11 is 6.13. The lowest BCUT2D eigenvalue weighted by Crippen LogP contribution is -1.92. The van der Waals surface area contributed by atoms with Crippen molar-refractivity contribution >= 4 is 17.2 Å². The lowest BCUT2D eigenvalue weighted by atomic mass is 9.98. The molecule has 0 spiro atoms. The normalized spacial score (nSPS) is 11.4. The molecule has 0 N–H and O–H groups in total. The molecule has 0 fully saturated rings. The molecule has 0 atom stereocenters. The second-order valence-electron chi connectivity index (χ2n) is 6.46. The van der Waals surface area contributed by atoms with Gasteiger partial charge in [-0.15, -0.1) is 10.2 Å². The summed E-state index contributed by atoms with van der Waals surface area (Å²) in [7, 11) is 0. The van der Waals surface area contributed by atoms with Crippen LogP contribution in [0.2, 0.25) is 5.02 Å². The first kappa shape index (κ1) is 15.9. The number of aromatic nitrogens is 3. The SMILES string of the molecule is CC(C)c1cccc(-c2ccc3nnc(-c4cccc(Cl)c4)n3c2)c1. The minimum absolute atomic E-state index is 0.501. The highest BCUT2D eigenvalue weighted by atomic mass is 35.5. The second kappa shape index (κ2) is 6.34. The zero-order valence-electron chi connectivity index (χ0n) is 14.1. The topological polar surface area (TPSA) is 30.2 Å². The molecule has 0 radical (unpaired) electrons. The molecule has 2 aromatic heterocycles. The highest BCUT2D eigenvalue weighted by Crippen LogP contribution is 2.27. The van der Waals surface area contributed by atoms with Gasteiger partial charge >= 0.3 is 0 Å². The monoisotopic (exact) mass is 347 g/mol. The number of benzene rings is 2. The van der Waals surface area contributed by atoms with Crippen molar-refractivity contribution in [1.29, 1.82) is 0 Å². The van der Waals surface area contributed by atoms with Crippen molar-refractivity contribution < 1.29 is 0 Å². The van der Waals surface area contributed by atoms with Crippen LogP contribution in [0.4, 0.5) is 0 Å². The number of pyridine rings is 1. The van der Waals surface area contributed by atoms with Gasteiger partial charge in [0.1, 0.15) is 0 Å². The molecule has 4 rings (SSSR count). The quantitative estimate of drug-likeness (QED) is 0.466. The average Bonchev–Trinajstić information content (AvgIpc) is 3.05. The maximum Gasteiger partial charge on any atom is 0.168 e. The number of hydrogen-bond acceptors (Lipinski definition) is 2. The van der Waals surface area contributed by atoms with Gasteiger partial charge in [-0.3, -0.25) is 4.40 Å². The average molecular weight is 348 g/mol. The van der Waals surface area contributed by atoms with Crippen molar-refractivity contribution in [3.05, 3.63) is 77.4 Å². The Morgan fingerprint density at radius 3 is 2.44 bits per heavy atom. The third-order valence-corrected chi connectivity index (χ3v) is 4.61. The minimum Gasteiger partial charge on any atom is -0.282 e. The molecule has 124 valence electrons. The third-order valence-electron chi connectivity index (χ3n) is 4.37. The van der Waals surface area contributed by atoms with Gasteiger partial charge in [0.15, 0.2) is 11.5 Å². The maximum absolute atomic E-state index is 6.13. The largest absolute Gasteiger partial charge is 0.282 e. The Kier molecular flexibility index (Phi) is 4.02. The lowest BCUT2D eigenvalue weighted by molar-refractivity contribution is 0.867. The summed E-state index contributed by atoms with van der Waals surface area (Å²) in [5.74, 6) is 1.29. The first-order valence-corrected chi connectivity index (χ1v) is 8.71. The number of nitrogens with zero attached hydrogens (tertiary/aromatic N) is 3. The molecule has 0 bridgehead atoms. The van der Waals surface area contributed by atoms with Crippen LogP contribution in [0.3, 0.4) is 0 Å². The highest BCUT2D eigenvalue weighted by molar-refractivity contribution is 6.30. The molecule has 0 saturated heterocycles. The Balaban J connectivity index is 1.85. The van der Waals surface area contributed by atoms with Crippen molar-refractivity contribution in [1.82, 2.24) is 14.6 Å².